The summed E-state index contributed by atoms with van der Waals surface area (Å²) in [6.07, 6.45) is 4.54. The zero-order valence-electron chi connectivity index (χ0n) is 16.0. The van der Waals surface area contributed by atoms with E-state index in [1.165, 1.54) is 6.07 Å². The van der Waals surface area contributed by atoms with Gasteiger partial charge in [0, 0.05) is 12.1 Å². The minimum Gasteiger partial charge on any atom is -0.356 e. The Morgan fingerprint density at radius 1 is 1.32 bits per heavy atom. The average Bonchev–Trinajstić information content (AvgIpc) is 3.30. The van der Waals surface area contributed by atoms with Crippen LogP contribution in [-0.4, -0.2) is 32.7 Å². The fraction of sp³-hybridized carbons (Fsp3) is 0.381. The lowest BCUT2D eigenvalue weighted by Crippen LogP contribution is -2.39. The van der Waals surface area contributed by atoms with E-state index in [1.807, 2.05) is 18.7 Å². The molecule has 0 bridgehead atoms. The molecule has 0 spiro atoms. The highest BCUT2D eigenvalue weighted by molar-refractivity contribution is 5.80. The Morgan fingerprint density at radius 3 is 2.89 bits per heavy atom. The van der Waals surface area contributed by atoms with Crippen molar-refractivity contribution in [2.45, 2.75) is 45.6 Å². The Morgan fingerprint density at radius 2 is 2.14 bits per heavy atom. The van der Waals surface area contributed by atoms with Gasteiger partial charge in [-0.1, -0.05) is 23.4 Å². The fourth-order valence-corrected chi connectivity index (χ4v) is 3.83. The normalized spacial score (nSPS) is 17.1. The molecule has 1 fully saturated rings. The van der Waals surface area contributed by atoms with Gasteiger partial charge in [-0.2, -0.15) is 5.10 Å². The van der Waals surface area contributed by atoms with Gasteiger partial charge < -0.3 is 9.42 Å². The topological polar surface area (TPSA) is 75.0 Å². The lowest BCUT2D eigenvalue weighted by atomic mass is 9.94. The van der Waals surface area contributed by atoms with Gasteiger partial charge in [0.05, 0.1) is 35.6 Å². The number of aromatic amines is 1. The van der Waals surface area contributed by atoms with Gasteiger partial charge in [-0.3, -0.25) is 9.89 Å². The lowest BCUT2D eigenvalue weighted by molar-refractivity contribution is -0.134. The largest absolute Gasteiger partial charge is 0.356 e. The van der Waals surface area contributed by atoms with Crippen LogP contribution in [0.15, 0.2) is 35.0 Å². The minimum atomic E-state index is -0.348. The number of amides is 1. The van der Waals surface area contributed by atoms with Crippen molar-refractivity contribution in [1.82, 2.24) is 20.3 Å². The highest BCUT2D eigenvalue weighted by Crippen LogP contribution is 2.37. The van der Waals surface area contributed by atoms with Gasteiger partial charge in [0.1, 0.15) is 5.82 Å². The van der Waals surface area contributed by atoms with Gasteiger partial charge in [0.2, 0.25) is 5.91 Å². The van der Waals surface area contributed by atoms with Crippen LogP contribution >= 0.6 is 0 Å². The van der Waals surface area contributed by atoms with Crippen LogP contribution in [0.2, 0.25) is 0 Å². The molecule has 1 N–H and O–H groups in total. The monoisotopic (exact) mass is 382 g/mol. The minimum absolute atomic E-state index is 0.0487. The highest BCUT2D eigenvalue weighted by atomic mass is 19.1. The number of hydrogen-bond acceptors (Lipinski definition) is 4. The van der Waals surface area contributed by atoms with E-state index in [1.54, 1.807) is 24.4 Å². The summed E-state index contributed by atoms with van der Waals surface area (Å²) in [5.74, 6) is 0.244. The fourth-order valence-electron chi connectivity index (χ4n) is 3.83. The molecule has 0 radical (unpaired) electrons. The van der Waals surface area contributed by atoms with E-state index >= 15 is 0 Å². The van der Waals surface area contributed by atoms with Crippen LogP contribution in [0.25, 0.3) is 11.3 Å². The molecule has 1 aliphatic rings. The number of carbonyl (C=O) groups excluding carboxylic acids is 1. The third-order valence-electron chi connectivity index (χ3n) is 5.53. The first kappa shape index (κ1) is 18.4. The summed E-state index contributed by atoms with van der Waals surface area (Å²) in [6, 6.07) is 6.29. The second-order valence-electron chi connectivity index (χ2n) is 7.29. The summed E-state index contributed by atoms with van der Waals surface area (Å²) < 4.78 is 19.5. The summed E-state index contributed by atoms with van der Waals surface area (Å²) in [5.41, 5.74) is 3.89. The van der Waals surface area contributed by atoms with E-state index in [0.717, 1.165) is 41.8 Å². The number of piperidine rings is 1. The van der Waals surface area contributed by atoms with Crippen molar-refractivity contribution in [2.24, 2.45) is 0 Å². The molecule has 4 rings (SSSR count). The molecule has 1 aliphatic heterocycles. The Bertz CT molecular complexity index is 994. The number of nitrogens with zero attached hydrogens (tertiary/aromatic N) is 3. The second kappa shape index (κ2) is 7.58. The zero-order chi connectivity index (χ0) is 19.7. The maximum Gasteiger partial charge on any atom is 0.227 e. The van der Waals surface area contributed by atoms with Gasteiger partial charge >= 0.3 is 0 Å². The van der Waals surface area contributed by atoms with Gasteiger partial charge in [-0.15, -0.1) is 0 Å². The molecular formula is C21H23FN4O2. The van der Waals surface area contributed by atoms with E-state index in [4.69, 9.17) is 4.52 Å². The molecule has 3 heterocycles. The molecule has 6 nitrogen and oxygen atoms in total. The van der Waals surface area contributed by atoms with Crippen LogP contribution in [-0.2, 0) is 11.2 Å². The standard InChI is InChI=1S/C21H23FN4O2/c1-13-14(2)25-28-21(13)16-12-23-24-20(16)18-9-5-6-10-26(18)19(27)11-15-7-3-4-8-17(15)22/h3-4,7-8,12,18H,5-6,9-11H2,1-2H3,(H,23,24). The smallest absolute Gasteiger partial charge is 0.227 e. The summed E-state index contributed by atoms with van der Waals surface area (Å²) in [7, 11) is 0. The second-order valence-corrected chi connectivity index (χ2v) is 7.29. The van der Waals surface area contributed by atoms with Crippen molar-refractivity contribution in [3.63, 3.8) is 0 Å². The van der Waals surface area contributed by atoms with E-state index in [9.17, 15) is 9.18 Å². The molecule has 2 aromatic heterocycles. The van der Waals surface area contributed by atoms with Crippen molar-refractivity contribution in [3.05, 3.63) is 58.8 Å². The predicted molar refractivity (Wildman–Crippen MR) is 102 cm³/mol. The predicted octanol–water partition coefficient (Wildman–Crippen LogP) is 4.12. The molecule has 3 aromatic rings. The maximum absolute atomic E-state index is 14.0. The molecule has 1 amide bonds. The van der Waals surface area contributed by atoms with E-state index < -0.39 is 0 Å². The Hall–Kier alpha value is -2.96. The van der Waals surface area contributed by atoms with Gasteiger partial charge in [0.15, 0.2) is 5.76 Å². The van der Waals surface area contributed by atoms with Crippen LogP contribution in [0, 0.1) is 19.7 Å². The number of carbonyl (C=O) groups is 1. The van der Waals surface area contributed by atoms with Gasteiger partial charge in [-0.05, 0) is 44.7 Å². The van der Waals surface area contributed by atoms with E-state index in [0.29, 0.717) is 17.9 Å². The highest BCUT2D eigenvalue weighted by Gasteiger charge is 2.32. The molecule has 0 aliphatic carbocycles. The number of H-pyrrole nitrogens is 1. The molecule has 1 unspecified atom stereocenters. The first-order valence-electron chi connectivity index (χ1n) is 9.55. The molecule has 28 heavy (non-hydrogen) atoms. The van der Waals surface area contributed by atoms with Crippen LogP contribution in [0.5, 0.6) is 0 Å². The summed E-state index contributed by atoms with van der Waals surface area (Å²) in [6.45, 7) is 4.50. The number of benzene rings is 1. The summed E-state index contributed by atoms with van der Waals surface area (Å²) in [5, 5.41) is 11.3. The number of halogens is 1. The van der Waals surface area contributed by atoms with Crippen molar-refractivity contribution in [1.29, 1.82) is 0 Å². The third-order valence-corrected chi connectivity index (χ3v) is 5.53. The first-order chi connectivity index (χ1) is 13.6. The Labute approximate surface area is 162 Å². The number of aromatic nitrogens is 3. The van der Waals surface area contributed by atoms with Crippen LogP contribution in [0.4, 0.5) is 4.39 Å². The zero-order valence-corrected chi connectivity index (χ0v) is 16.0. The number of likely N-dealkylation sites (tertiary alicyclic amines) is 1. The van der Waals surface area contributed by atoms with Crippen LogP contribution < -0.4 is 0 Å². The molecule has 1 atom stereocenters. The molecule has 7 heteroatoms. The molecule has 0 saturated carbocycles. The summed E-state index contributed by atoms with van der Waals surface area (Å²) >= 11 is 0. The van der Waals surface area contributed by atoms with Gasteiger partial charge in [0.25, 0.3) is 0 Å². The molecule has 146 valence electrons. The Balaban J connectivity index is 1.64. The van der Waals surface area contributed by atoms with Crippen molar-refractivity contribution >= 4 is 5.91 Å². The number of nitrogens with one attached hydrogen (secondary N) is 1. The average molecular weight is 382 g/mol. The first-order valence-corrected chi connectivity index (χ1v) is 9.55. The molecule has 1 aromatic carbocycles. The SMILES string of the molecule is Cc1noc(-c2cn[nH]c2C2CCCCN2C(=O)Cc2ccccc2F)c1C. The number of hydrogen-bond donors (Lipinski definition) is 1. The molecule has 1 saturated heterocycles. The van der Waals surface area contributed by atoms with E-state index in [-0.39, 0.29) is 24.2 Å². The summed E-state index contributed by atoms with van der Waals surface area (Å²) in [4.78, 5) is 14.9. The van der Waals surface area contributed by atoms with Crippen molar-refractivity contribution in [3.8, 4) is 11.3 Å². The van der Waals surface area contributed by atoms with E-state index in [2.05, 4.69) is 15.4 Å². The quantitative estimate of drug-likeness (QED) is 0.737. The lowest BCUT2D eigenvalue weighted by Gasteiger charge is -2.35. The van der Waals surface area contributed by atoms with Crippen molar-refractivity contribution in [2.75, 3.05) is 6.54 Å². The molecular weight excluding hydrogens is 359 g/mol. The Kier molecular flexibility index (Phi) is 4.98. The maximum atomic E-state index is 14.0. The van der Waals surface area contributed by atoms with Crippen molar-refractivity contribution < 1.29 is 13.7 Å². The number of aryl methyl sites for hydroxylation is 1. The number of rotatable bonds is 4. The third kappa shape index (κ3) is 3.32. The van der Waals surface area contributed by atoms with Gasteiger partial charge in [-0.25, -0.2) is 4.39 Å². The van der Waals surface area contributed by atoms with Crippen LogP contribution in [0.3, 0.4) is 0 Å². The van der Waals surface area contributed by atoms with Crippen LogP contribution in [0.1, 0.15) is 47.8 Å².